The summed E-state index contributed by atoms with van der Waals surface area (Å²) in [4.78, 5) is 22.7. The van der Waals surface area contributed by atoms with E-state index < -0.39 is 17.9 Å². The molecule has 3 N–H and O–H groups in total. The van der Waals surface area contributed by atoms with Gasteiger partial charge in [0.1, 0.15) is 11.8 Å². The number of carboxylic acids is 1. The van der Waals surface area contributed by atoms with Crippen molar-refractivity contribution in [2.45, 2.75) is 25.8 Å². The number of rotatable bonds is 5. The van der Waals surface area contributed by atoms with Crippen molar-refractivity contribution in [1.82, 2.24) is 5.32 Å². The van der Waals surface area contributed by atoms with Crippen molar-refractivity contribution < 1.29 is 19.8 Å². The first-order valence-electron chi connectivity index (χ1n) is 5.48. The molecule has 0 bridgehead atoms. The van der Waals surface area contributed by atoms with Gasteiger partial charge in [-0.3, -0.25) is 4.79 Å². The van der Waals surface area contributed by atoms with E-state index in [1.54, 1.807) is 0 Å². The number of carbonyl (C=O) groups excluding carboxylic acids is 1. The van der Waals surface area contributed by atoms with E-state index in [-0.39, 0.29) is 11.3 Å². The third-order valence-electron chi connectivity index (χ3n) is 2.39. The van der Waals surface area contributed by atoms with Crippen LogP contribution in [-0.2, 0) is 4.79 Å². The molecule has 0 radical (unpaired) electrons. The zero-order chi connectivity index (χ0) is 13.7. The van der Waals surface area contributed by atoms with E-state index in [1.807, 2.05) is 6.92 Å². The van der Waals surface area contributed by atoms with Gasteiger partial charge in [0.2, 0.25) is 0 Å². The van der Waals surface area contributed by atoms with Gasteiger partial charge in [0, 0.05) is 5.56 Å². The summed E-state index contributed by atoms with van der Waals surface area (Å²) in [6.45, 7) is 1.84. The topological polar surface area (TPSA) is 86.6 Å². The summed E-state index contributed by atoms with van der Waals surface area (Å²) in [6, 6.07) is 3.40. The maximum Gasteiger partial charge on any atom is 0.326 e. The second-order valence-corrected chi connectivity index (χ2v) is 4.67. The maximum atomic E-state index is 11.8. The van der Waals surface area contributed by atoms with E-state index in [4.69, 9.17) is 5.11 Å². The molecule has 0 saturated heterocycles. The van der Waals surface area contributed by atoms with Crippen molar-refractivity contribution in [2.75, 3.05) is 0 Å². The van der Waals surface area contributed by atoms with Crippen LogP contribution in [0.15, 0.2) is 22.7 Å². The van der Waals surface area contributed by atoms with Gasteiger partial charge >= 0.3 is 5.97 Å². The fraction of sp³-hybridized carbons (Fsp3) is 0.333. The lowest BCUT2D eigenvalue weighted by Crippen LogP contribution is -2.40. The fourth-order valence-corrected chi connectivity index (χ4v) is 1.69. The van der Waals surface area contributed by atoms with Crippen molar-refractivity contribution in [1.29, 1.82) is 0 Å². The fourth-order valence-electron chi connectivity index (χ4n) is 1.44. The third kappa shape index (κ3) is 3.73. The van der Waals surface area contributed by atoms with Crippen molar-refractivity contribution >= 4 is 27.8 Å². The molecule has 0 saturated carbocycles. The van der Waals surface area contributed by atoms with Crippen LogP contribution < -0.4 is 5.32 Å². The van der Waals surface area contributed by atoms with E-state index in [9.17, 15) is 14.7 Å². The van der Waals surface area contributed by atoms with Gasteiger partial charge in [-0.05, 0) is 40.5 Å². The Hall–Kier alpha value is -1.56. The number of carboxylic acid groups (broad SMARTS) is 1. The van der Waals surface area contributed by atoms with Crippen molar-refractivity contribution in [3.05, 3.63) is 28.2 Å². The minimum Gasteiger partial charge on any atom is -0.507 e. The number of hydrogen-bond acceptors (Lipinski definition) is 3. The predicted molar refractivity (Wildman–Crippen MR) is 69.6 cm³/mol. The summed E-state index contributed by atoms with van der Waals surface area (Å²) < 4.78 is 0.474. The Morgan fingerprint density at radius 3 is 2.61 bits per heavy atom. The minimum atomic E-state index is -1.06. The highest BCUT2D eigenvalue weighted by Crippen LogP contribution is 2.24. The monoisotopic (exact) mass is 315 g/mol. The Morgan fingerprint density at radius 1 is 1.44 bits per heavy atom. The molecule has 5 nitrogen and oxygen atoms in total. The molecule has 0 aliphatic heterocycles. The molecule has 1 atom stereocenters. The lowest BCUT2D eigenvalue weighted by atomic mass is 10.1. The number of aromatic hydroxyl groups is 1. The number of phenols is 1. The van der Waals surface area contributed by atoms with Gasteiger partial charge < -0.3 is 15.5 Å². The third-order valence-corrected chi connectivity index (χ3v) is 3.06. The SMILES string of the molecule is CCC[C@@H](NC(=O)c1ccc(Br)c(O)c1)C(=O)O. The Labute approximate surface area is 113 Å². The Balaban J connectivity index is 2.80. The molecule has 1 aromatic rings. The van der Waals surface area contributed by atoms with Crippen LogP contribution in [0.4, 0.5) is 0 Å². The van der Waals surface area contributed by atoms with E-state index in [1.165, 1.54) is 18.2 Å². The van der Waals surface area contributed by atoms with Crippen molar-refractivity contribution in [3.8, 4) is 5.75 Å². The summed E-state index contributed by atoms with van der Waals surface area (Å²) in [5.41, 5.74) is 0.220. The molecule has 6 heteroatoms. The van der Waals surface area contributed by atoms with E-state index in [0.717, 1.165) is 0 Å². The van der Waals surface area contributed by atoms with Gasteiger partial charge in [-0.1, -0.05) is 13.3 Å². The molecule has 0 heterocycles. The van der Waals surface area contributed by atoms with Gasteiger partial charge in [0.15, 0.2) is 0 Å². The first-order chi connectivity index (χ1) is 8.45. The number of phenolic OH excluding ortho intramolecular Hbond substituents is 1. The van der Waals surface area contributed by atoms with E-state index in [2.05, 4.69) is 21.2 Å². The number of nitrogens with one attached hydrogen (secondary N) is 1. The molecular formula is C12H14BrNO4. The molecule has 1 aromatic carbocycles. The van der Waals surface area contributed by atoms with Gasteiger partial charge in [0.25, 0.3) is 5.91 Å². The largest absolute Gasteiger partial charge is 0.507 e. The molecule has 1 rings (SSSR count). The molecule has 1 amide bonds. The number of aliphatic carboxylic acids is 1. The van der Waals surface area contributed by atoms with Crippen LogP contribution in [0, 0.1) is 0 Å². The number of carbonyl (C=O) groups is 2. The molecule has 0 aliphatic rings. The molecule has 0 aliphatic carbocycles. The highest BCUT2D eigenvalue weighted by Gasteiger charge is 2.19. The molecule has 18 heavy (non-hydrogen) atoms. The van der Waals surface area contributed by atoms with Gasteiger partial charge in [-0.2, -0.15) is 0 Å². The Bertz CT molecular complexity index is 461. The average molecular weight is 316 g/mol. The predicted octanol–water partition coefficient (Wildman–Crippen LogP) is 2.14. The van der Waals surface area contributed by atoms with Gasteiger partial charge in [-0.25, -0.2) is 4.79 Å². The maximum absolute atomic E-state index is 11.8. The molecule has 0 unspecified atom stereocenters. The quantitative estimate of drug-likeness (QED) is 0.777. The van der Waals surface area contributed by atoms with Crippen LogP contribution >= 0.6 is 15.9 Å². The summed E-state index contributed by atoms with van der Waals surface area (Å²) in [5, 5.41) is 20.8. The highest BCUT2D eigenvalue weighted by molar-refractivity contribution is 9.10. The Kier molecular flexibility index (Phi) is 5.15. The number of hydrogen-bond donors (Lipinski definition) is 3. The normalized spacial score (nSPS) is 11.9. The van der Waals surface area contributed by atoms with Crippen LogP contribution in [0.1, 0.15) is 30.1 Å². The Morgan fingerprint density at radius 2 is 2.11 bits per heavy atom. The van der Waals surface area contributed by atoms with Crippen LogP contribution in [0.5, 0.6) is 5.75 Å². The molecule has 0 spiro atoms. The van der Waals surface area contributed by atoms with Crippen molar-refractivity contribution in [3.63, 3.8) is 0 Å². The van der Waals surface area contributed by atoms with Crippen LogP contribution in [0.3, 0.4) is 0 Å². The van der Waals surface area contributed by atoms with Gasteiger partial charge in [-0.15, -0.1) is 0 Å². The zero-order valence-corrected chi connectivity index (χ0v) is 11.4. The van der Waals surface area contributed by atoms with E-state index in [0.29, 0.717) is 17.3 Å². The first kappa shape index (κ1) is 14.5. The van der Waals surface area contributed by atoms with Crippen LogP contribution in [0.2, 0.25) is 0 Å². The minimum absolute atomic E-state index is 0.0648. The van der Waals surface area contributed by atoms with Crippen LogP contribution in [0.25, 0.3) is 0 Å². The lowest BCUT2D eigenvalue weighted by Gasteiger charge is -2.13. The van der Waals surface area contributed by atoms with Crippen LogP contribution in [-0.4, -0.2) is 28.1 Å². The van der Waals surface area contributed by atoms with Crippen molar-refractivity contribution in [2.24, 2.45) is 0 Å². The smallest absolute Gasteiger partial charge is 0.326 e. The number of benzene rings is 1. The lowest BCUT2D eigenvalue weighted by molar-refractivity contribution is -0.139. The second kappa shape index (κ2) is 6.39. The molecule has 0 aromatic heterocycles. The van der Waals surface area contributed by atoms with Gasteiger partial charge in [0.05, 0.1) is 4.47 Å². The molecular weight excluding hydrogens is 302 g/mol. The summed E-state index contributed by atoms with van der Waals surface area (Å²) in [6.07, 6.45) is 1.02. The molecule has 0 fully saturated rings. The molecule has 98 valence electrons. The standard InChI is InChI=1S/C12H14BrNO4/c1-2-3-9(12(17)18)14-11(16)7-4-5-8(13)10(15)6-7/h4-6,9,15H,2-3H2,1H3,(H,14,16)(H,17,18)/t9-/m1/s1. The van der Waals surface area contributed by atoms with E-state index >= 15 is 0 Å². The average Bonchev–Trinajstić information content (AvgIpc) is 2.31. The number of amides is 1. The summed E-state index contributed by atoms with van der Waals surface area (Å²) in [7, 11) is 0. The summed E-state index contributed by atoms with van der Waals surface area (Å²) >= 11 is 3.10. The number of halogens is 1. The summed E-state index contributed by atoms with van der Waals surface area (Å²) in [5.74, 6) is -1.64. The highest BCUT2D eigenvalue weighted by atomic mass is 79.9. The first-order valence-corrected chi connectivity index (χ1v) is 6.27. The zero-order valence-electron chi connectivity index (χ0n) is 9.81. The second-order valence-electron chi connectivity index (χ2n) is 3.82.